The zero-order valence-corrected chi connectivity index (χ0v) is 56.6. The van der Waals surface area contributed by atoms with E-state index in [4.69, 9.17) is 61.7 Å². The van der Waals surface area contributed by atoms with Gasteiger partial charge in [0.1, 0.15) is 41.6 Å². The summed E-state index contributed by atoms with van der Waals surface area (Å²) in [6.07, 6.45) is -12.2. The Balaban J connectivity index is 1.14. The van der Waals surface area contributed by atoms with Gasteiger partial charge >= 0.3 is 6.09 Å². The highest BCUT2D eigenvalue weighted by Crippen LogP contribution is 2.49. The molecule has 4 aliphatic heterocycles. The molecule has 5 aliphatic rings. The number of hydrogen-bond donors (Lipinski definition) is 8. The number of carbonyl (C=O) groups is 3. The zero-order chi connectivity index (χ0) is 65.6. The first kappa shape index (κ1) is 73.3. The topological polar surface area (TPSA) is 321 Å². The number of hydrogen-bond acceptors (Lipinski definition) is 27. The molecule has 8 N–H and O–H groups in total. The second-order valence-electron chi connectivity index (χ2n) is 21.6. The maximum Gasteiger partial charge on any atom is 0.411 e. The summed E-state index contributed by atoms with van der Waals surface area (Å²) in [6, 6.07) is 4.20. The van der Waals surface area contributed by atoms with E-state index in [1.165, 1.54) is 62.0 Å². The van der Waals surface area contributed by atoms with Crippen molar-refractivity contribution < 1.29 is 102 Å². The monoisotopic (exact) mass is 1430 g/mol. The quantitative estimate of drug-likeness (QED) is 0.0251. The van der Waals surface area contributed by atoms with Crippen molar-refractivity contribution >= 4 is 72.9 Å². The SMILES string of the molecule is CC#C/C=C\C#C[C@H](O[C@@H]1O[C@H](C)[C@@H](NO[C@H]2C[C@H](O)[C@H](SC(=O)c3c(C)c(I)c(O[C@@H]4O[C@@H](C)[C@H](O)[C@@H](OC)[C@H]4O)c(OC)c3OC)[C@@H](C)O2)[C@H](O)[C@H]1O[C@H]1C[C@H](OC)[C@@H](NCC)CO1)C1=C(NC(=O)OC)C(=O)C[C@](C)(O)/C1=C/CSSc1ccccn1. The number of aliphatic hydroxyl groups is 5. The van der Waals surface area contributed by atoms with Crippen molar-refractivity contribution in [3.05, 3.63) is 74.2 Å². The first-order chi connectivity index (χ1) is 43.1. The number of aromatic nitrogens is 1. The highest BCUT2D eigenvalue weighted by atomic mass is 127. The molecule has 1 aromatic carbocycles. The van der Waals surface area contributed by atoms with Gasteiger partial charge in [0.15, 0.2) is 36.2 Å². The lowest BCUT2D eigenvalue weighted by molar-refractivity contribution is -0.336. The molecule has 1 aromatic heterocycles. The number of allylic oxidation sites excluding steroid dienone is 3. The summed E-state index contributed by atoms with van der Waals surface area (Å²) >= 11 is 2.82. The minimum Gasteiger partial charge on any atom is -0.492 e. The number of carbonyl (C=O) groups excluding carboxylic acids is 3. The molecule has 0 bridgehead atoms. The van der Waals surface area contributed by atoms with E-state index < -0.39 is 127 Å². The highest BCUT2D eigenvalue weighted by molar-refractivity contribution is 14.1. The minimum absolute atomic E-state index is 0.0141. The van der Waals surface area contributed by atoms with Gasteiger partial charge in [-0.05, 0) is 117 Å². The van der Waals surface area contributed by atoms with Crippen molar-refractivity contribution in [2.24, 2.45) is 0 Å². The molecule has 0 saturated carbocycles. The van der Waals surface area contributed by atoms with Crippen LogP contribution in [-0.2, 0) is 52.3 Å². The number of nitrogens with one attached hydrogen (secondary N) is 3. The molecule has 29 heteroatoms. The lowest BCUT2D eigenvalue weighted by atomic mass is 9.76. The van der Waals surface area contributed by atoms with E-state index in [9.17, 15) is 39.9 Å². The molecule has 0 radical (unpaired) electrons. The van der Waals surface area contributed by atoms with Crippen LogP contribution in [0.1, 0.15) is 76.7 Å². The number of nitrogens with zero attached hydrogens (tertiary/aromatic N) is 1. The van der Waals surface area contributed by atoms with Gasteiger partial charge in [-0.25, -0.2) is 9.78 Å². The van der Waals surface area contributed by atoms with Crippen molar-refractivity contribution in [3.8, 4) is 40.9 Å². The highest BCUT2D eigenvalue weighted by Gasteiger charge is 2.52. The van der Waals surface area contributed by atoms with Gasteiger partial charge in [0.05, 0.1) is 96.2 Å². The standard InChI is InChI=1S/C61H81IN4O21S3/c1-13-15-16-17-18-21-38(44-34(23-25-88-90-40-22-19-20-24-64-40)61(7,74)28-37(68)47(44)65-60(73)79-12)84-59-54(85-41-27-39(75-8)35(29-80-41)63-14-2)49(70)46(31(4)82-59)66-87-42-26-36(67)56(33(6)81-42)89-57(72)43-30(3)45(62)52(55(78-11)51(43)76-9)86-58-50(71)53(77-10)48(69)32(5)83-58/h16-17,19-20,22-24,31-33,35-36,38-39,41-42,46,48-50,53-54,56,58-59,63,66-67,69-71,74H,14,25-29H2,1-12H3,(H,65,73)/b17-16-,34-23+/t31-,32+,33-,35+,36+,38+,39+,41+,42+,46-,48+,49+,50-,53-,54-,56-,58+,59+,61+/m1/s1. The number of ether oxygens (including phenoxy) is 12. The lowest BCUT2D eigenvalue weighted by Crippen LogP contribution is -2.65. The van der Waals surface area contributed by atoms with Crippen LogP contribution in [0.5, 0.6) is 17.2 Å². The van der Waals surface area contributed by atoms with Crippen molar-refractivity contribution in [3.63, 3.8) is 0 Å². The Kier molecular flexibility index (Phi) is 27.9. The summed E-state index contributed by atoms with van der Waals surface area (Å²) in [7, 11) is 9.58. The lowest BCUT2D eigenvalue weighted by Gasteiger charge is -2.46. The number of methoxy groups -OCH3 is 5. The maximum atomic E-state index is 14.5. The number of ketones is 1. The maximum absolute atomic E-state index is 14.5. The van der Waals surface area contributed by atoms with Gasteiger partial charge in [0, 0.05) is 51.0 Å². The molecule has 0 spiro atoms. The molecule has 4 saturated heterocycles. The molecule has 19 atom stereocenters. The smallest absolute Gasteiger partial charge is 0.411 e. The van der Waals surface area contributed by atoms with Gasteiger partial charge < -0.3 is 87.7 Å². The van der Waals surface area contributed by atoms with Crippen LogP contribution in [-0.4, -0.2) is 217 Å². The Hall–Kier alpha value is -4.14. The van der Waals surface area contributed by atoms with Gasteiger partial charge in [-0.15, -0.1) is 5.92 Å². The number of pyridine rings is 1. The summed E-state index contributed by atoms with van der Waals surface area (Å²) in [5, 5.41) is 63.6. The van der Waals surface area contributed by atoms with Crippen LogP contribution in [0.4, 0.5) is 4.79 Å². The van der Waals surface area contributed by atoms with E-state index >= 15 is 0 Å². The van der Waals surface area contributed by atoms with Crippen molar-refractivity contribution in [1.82, 2.24) is 21.1 Å². The predicted octanol–water partition coefficient (Wildman–Crippen LogP) is 4.40. The van der Waals surface area contributed by atoms with E-state index in [0.29, 0.717) is 15.7 Å². The van der Waals surface area contributed by atoms with Gasteiger partial charge in [0.2, 0.25) is 17.2 Å². The van der Waals surface area contributed by atoms with E-state index in [-0.39, 0.29) is 77.0 Å². The minimum atomic E-state index is -1.82. The number of thioether (sulfide) groups is 1. The van der Waals surface area contributed by atoms with Crippen LogP contribution in [0.25, 0.3) is 0 Å². The summed E-state index contributed by atoms with van der Waals surface area (Å²) in [4.78, 5) is 52.3. The molecule has 1 aliphatic carbocycles. The Bertz CT molecular complexity index is 3000. The molecule has 496 valence electrons. The average molecular weight is 1430 g/mol. The van der Waals surface area contributed by atoms with Crippen molar-refractivity contribution in [1.29, 1.82) is 0 Å². The van der Waals surface area contributed by atoms with E-state index in [1.807, 2.05) is 41.6 Å². The third-order valence-corrected chi connectivity index (χ3v) is 20.3. The van der Waals surface area contributed by atoms with Crippen LogP contribution in [0.15, 0.2) is 64.5 Å². The summed E-state index contributed by atoms with van der Waals surface area (Å²) in [6.45, 7) is 12.5. The summed E-state index contributed by atoms with van der Waals surface area (Å²) in [5.41, 5.74) is 1.57. The largest absolute Gasteiger partial charge is 0.492 e. The Morgan fingerprint density at radius 1 is 0.911 bits per heavy atom. The predicted molar refractivity (Wildman–Crippen MR) is 340 cm³/mol. The first-order valence-corrected chi connectivity index (χ1v) is 33.3. The molecular formula is C61H81IN4O21S3. The third kappa shape index (κ3) is 17.8. The van der Waals surface area contributed by atoms with Crippen LogP contribution in [0.3, 0.4) is 0 Å². The Morgan fingerprint density at radius 2 is 1.64 bits per heavy atom. The molecule has 4 fully saturated rings. The average Bonchev–Trinajstić information content (AvgIpc) is 0.795. The molecule has 7 rings (SSSR count). The van der Waals surface area contributed by atoms with Gasteiger partial charge in [0.25, 0.3) is 0 Å². The molecule has 2 aromatic rings. The van der Waals surface area contributed by atoms with E-state index in [0.717, 1.165) is 23.9 Å². The molecule has 0 unspecified atom stereocenters. The molecule has 5 heterocycles. The zero-order valence-electron chi connectivity index (χ0n) is 52.0. The van der Waals surface area contributed by atoms with Crippen LogP contribution >= 0.6 is 55.9 Å². The van der Waals surface area contributed by atoms with Crippen LogP contribution in [0.2, 0.25) is 0 Å². The second-order valence-corrected chi connectivity index (χ2v) is 26.2. The fourth-order valence-electron chi connectivity index (χ4n) is 10.9. The Morgan fingerprint density at radius 3 is 2.30 bits per heavy atom. The fourth-order valence-corrected chi connectivity index (χ4v) is 14.4. The Labute approximate surface area is 549 Å². The number of benzene rings is 1. The number of Topliss-reactive ketones (excluding diaryl/α,β-unsaturated/α-hetero) is 1. The molecular weight excluding hydrogens is 1350 g/mol. The number of aliphatic hydroxyl groups excluding tert-OH is 4. The molecule has 25 nitrogen and oxygen atoms in total. The summed E-state index contributed by atoms with van der Waals surface area (Å²) < 4.78 is 72.9. The van der Waals surface area contributed by atoms with Gasteiger partial charge in [-0.1, -0.05) is 59.4 Å². The van der Waals surface area contributed by atoms with Crippen molar-refractivity contribution in [2.75, 3.05) is 54.5 Å². The van der Waals surface area contributed by atoms with E-state index in [1.54, 1.807) is 60.1 Å². The molecule has 1 amide bonds. The third-order valence-electron chi connectivity index (χ3n) is 15.5. The number of likely N-dealkylation sites (N-methyl/N-ethyl adjacent to an activating group) is 1. The van der Waals surface area contributed by atoms with Gasteiger partial charge in [-0.3, -0.25) is 19.7 Å². The summed E-state index contributed by atoms with van der Waals surface area (Å²) in [5.74, 6) is 11.3. The number of alkyl carbamates (subject to hydrolysis) is 1. The second kappa shape index (κ2) is 34.3. The van der Waals surface area contributed by atoms with E-state index in [2.05, 4.69) is 44.8 Å². The normalized spacial score (nSPS) is 32.9. The van der Waals surface area contributed by atoms with Gasteiger partial charge in [-0.2, -0.15) is 5.48 Å². The molecule has 90 heavy (non-hydrogen) atoms. The fraction of sp³-hybridized carbons (Fsp3) is 0.607. The number of rotatable bonds is 23. The number of hydroxylamine groups is 1. The van der Waals surface area contributed by atoms with Crippen LogP contribution < -0.4 is 30.3 Å². The number of halogens is 1. The van der Waals surface area contributed by atoms with Crippen LogP contribution in [0, 0.1) is 34.2 Å². The first-order valence-electron chi connectivity index (χ1n) is 29.0. The van der Waals surface area contributed by atoms with Crippen molar-refractivity contribution in [2.45, 2.75) is 188 Å². The number of amides is 1.